The summed E-state index contributed by atoms with van der Waals surface area (Å²) in [6.07, 6.45) is 3.56. The lowest BCUT2D eigenvalue weighted by Crippen LogP contribution is -2.12. The van der Waals surface area contributed by atoms with Crippen molar-refractivity contribution >= 4 is 33.4 Å². The molecule has 0 aliphatic heterocycles. The highest BCUT2D eigenvalue weighted by Gasteiger charge is 2.12. The third-order valence-electron chi connectivity index (χ3n) is 3.56. The number of H-pyrrole nitrogens is 2. The first kappa shape index (κ1) is 11.7. The van der Waals surface area contributed by atoms with E-state index < -0.39 is 0 Å². The smallest absolute Gasteiger partial charge is 0.257 e. The number of anilines is 1. The molecule has 0 fully saturated rings. The summed E-state index contributed by atoms with van der Waals surface area (Å²) in [6.45, 7) is 0. The average Bonchev–Trinajstić information content (AvgIpc) is 3.15. The first-order valence-electron chi connectivity index (χ1n) is 6.62. The summed E-state index contributed by atoms with van der Waals surface area (Å²) in [4.78, 5) is 15.6. The number of nitrogens with one attached hydrogen (secondary N) is 3. The van der Waals surface area contributed by atoms with E-state index in [9.17, 15) is 4.79 Å². The van der Waals surface area contributed by atoms with Crippen molar-refractivity contribution < 1.29 is 4.79 Å². The van der Waals surface area contributed by atoms with E-state index in [2.05, 4.69) is 20.5 Å². The molecular weight excluding hydrogens is 264 g/mol. The first-order chi connectivity index (χ1) is 10.3. The number of para-hydroxylation sites is 2. The van der Waals surface area contributed by atoms with Crippen LogP contribution >= 0.6 is 0 Å². The maximum atomic E-state index is 12.5. The number of carbonyl (C=O) groups is 1. The van der Waals surface area contributed by atoms with E-state index in [-0.39, 0.29) is 5.91 Å². The van der Waals surface area contributed by atoms with Crippen LogP contribution in [-0.2, 0) is 0 Å². The van der Waals surface area contributed by atoms with Crippen molar-refractivity contribution in [2.75, 3.05) is 5.32 Å². The molecule has 0 saturated carbocycles. The molecule has 0 spiro atoms. The van der Waals surface area contributed by atoms with Gasteiger partial charge >= 0.3 is 0 Å². The molecule has 0 bridgehead atoms. The minimum absolute atomic E-state index is 0.148. The van der Waals surface area contributed by atoms with E-state index in [0.717, 1.165) is 27.5 Å². The van der Waals surface area contributed by atoms with Crippen molar-refractivity contribution in [3.8, 4) is 0 Å². The summed E-state index contributed by atoms with van der Waals surface area (Å²) in [5.74, 6) is -0.148. The molecule has 0 atom stereocenters. The highest BCUT2D eigenvalue weighted by Crippen LogP contribution is 2.23. The molecular formula is C16H12N4O. The van der Waals surface area contributed by atoms with Gasteiger partial charge in [-0.3, -0.25) is 9.89 Å². The predicted molar refractivity (Wildman–Crippen MR) is 82.3 cm³/mol. The van der Waals surface area contributed by atoms with Gasteiger partial charge in [0.05, 0.1) is 28.5 Å². The van der Waals surface area contributed by atoms with Crippen LogP contribution in [0.25, 0.3) is 21.8 Å². The lowest BCUT2D eigenvalue weighted by Gasteiger charge is -2.07. The number of aromatic amines is 2. The van der Waals surface area contributed by atoms with Gasteiger partial charge in [0, 0.05) is 17.0 Å². The molecule has 1 amide bonds. The molecule has 0 unspecified atom stereocenters. The fraction of sp³-hybridized carbons (Fsp3) is 0. The van der Waals surface area contributed by atoms with Crippen LogP contribution in [-0.4, -0.2) is 21.1 Å². The lowest BCUT2D eigenvalue weighted by atomic mass is 10.1. The molecule has 2 aromatic heterocycles. The Morgan fingerprint density at radius 3 is 2.81 bits per heavy atom. The van der Waals surface area contributed by atoms with Crippen molar-refractivity contribution in [3.05, 3.63) is 60.4 Å². The molecule has 2 heterocycles. The van der Waals surface area contributed by atoms with Crippen LogP contribution in [0.3, 0.4) is 0 Å². The van der Waals surface area contributed by atoms with Gasteiger partial charge in [-0.2, -0.15) is 5.10 Å². The summed E-state index contributed by atoms with van der Waals surface area (Å²) in [7, 11) is 0. The number of hydrogen-bond donors (Lipinski definition) is 3. The summed E-state index contributed by atoms with van der Waals surface area (Å²) in [5, 5.41) is 11.8. The molecule has 4 aromatic rings. The van der Waals surface area contributed by atoms with Crippen LogP contribution in [0.1, 0.15) is 10.4 Å². The number of carbonyl (C=O) groups excluding carboxylic acids is 1. The highest BCUT2D eigenvalue weighted by atomic mass is 16.1. The molecule has 5 heteroatoms. The molecule has 0 aliphatic rings. The minimum atomic E-state index is -0.148. The van der Waals surface area contributed by atoms with Gasteiger partial charge < -0.3 is 10.3 Å². The third-order valence-corrected chi connectivity index (χ3v) is 3.56. The Balaban J connectivity index is 1.76. The van der Waals surface area contributed by atoms with Gasteiger partial charge in [0.2, 0.25) is 0 Å². The molecule has 0 radical (unpaired) electrons. The topological polar surface area (TPSA) is 73.6 Å². The SMILES string of the molecule is O=C(Nc1cccc2cn[nH]c12)c1cccc2cc[nH]c12. The summed E-state index contributed by atoms with van der Waals surface area (Å²) < 4.78 is 0. The number of nitrogens with zero attached hydrogens (tertiary/aromatic N) is 1. The molecule has 3 N–H and O–H groups in total. The summed E-state index contributed by atoms with van der Waals surface area (Å²) in [6, 6.07) is 13.3. The summed E-state index contributed by atoms with van der Waals surface area (Å²) >= 11 is 0. The second kappa shape index (κ2) is 4.49. The fourth-order valence-corrected chi connectivity index (χ4v) is 2.54. The normalized spacial score (nSPS) is 11.0. The Labute approximate surface area is 120 Å². The Morgan fingerprint density at radius 1 is 1.00 bits per heavy atom. The van der Waals surface area contributed by atoms with E-state index in [0.29, 0.717) is 5.56 Å². The van der Waals surface area contributed by atoms with E-state index in [1.54, 1.807) is 12.3 Å². The molecule has 0 aliphatic carbocycles. The Kier molecular flexibility index (Phi) is 2.50. The van der Waals surface area contributed by atoms with Crippen LogP contribution in [0.15, 0.2) is 54.9 Å². The highest BCUT2D eigenvalue weighted by molar-refractivity contribution is 6.14. The third kappa shape index (κ3) is 1.87. The van der Waals surface area contributed by atoms with E-state index in [1.807, 2.05) is 42.6 Å². The van der Waals surface area contributed by atoms with Crippen LogP contribution < -0.4 is 5.32 Å². The number of aromatic nitrogens is 3. The van der Waals surface area contributed by atoms with Crippen LogP contribution in [0, 0.1) is 0 Å². The molecule has 4 rings (SSSR count). The van der Waals surface area contributed by atoms with Gasteiger partial charge in [0.15, 0.2) is 0 Å². The van der Waals surface area contributed by atoms with Gasteiger partial charge in [0.1, 0.15) is 0 Å². The second-order valence-electron chi connectivity index (χ2n) is 4.84. The Hall–Kier alpha value is -3.08. The fourth-order valence-electron chi connectivity index (χ4n) is 2.54. The first-order valence-corrected chi connectivity index (χ1v) is 6.62. The zero-order chi connectivity index (χ0) is 14.2. The molecule has 21 heavy (non-hydrogen) atoms. The Morgan fingerprint density at radius 2 is 1.86 bits per heavy atom. The van der Waals surface area contributed by atoms with Gasteiger partial charge in [-0.05, 0) is 18.2 Å². The average molecular weight is 276 g/mol. The van der Waals surface area contributed by atoms with E-state index in [1.165, 1.54) is 0 Å². The van der Waals surface area contributed by atoms with Gasteiger partial charge in [-0.15, -0.1) is 0 Å². The number of fused-ring (bicyclic) bond motifs is 2. The number of hydrogen-bond acceptors (Lipinski definition) is 2. The van der Waals surface area contributed by atoms with Crippen LogP contribution in [0.5, 0.6) is 0 Å². The van der Waals surface area contributed by atoms with Crippen LogP contribution in [0.2, 0.25) is 0 Å². The van der Waals surface area contributed by atoms with Gasteiger partial charge in [0.25, 0.3) is 5.91 Å². The molecule has 0 saturated heterocycles. The van der Waals surface area contributed by atoms with Gasteiger partial charge in [-0.1, -0.05) is 24.3 Å². The monoisotopic (exact) mass is 276 g/mol. The molecule has 102 valence electrons. The van der Waals surface area contributed by atoms with Gasteiger partial charge in [-0.25, -0.2) is 0 Å². The Bertz CT molecular complexity index is 951. The number of benzene rings is 2. The van der Waals surface area contributed by atoms with Crippen LogP contribution in [0.4, 0.5) is 5.69 Å². The van der Waals surface area contributed by atoms with E-state index >= 15 is 0 Å². The molecule has 2 aromatic carbocycles. The van der Waals surface area contributed by atoms with Crippen molar-refractivity contribution in [2.24, 2.45) is 0 Å². The maximum absolute atomic E-state index is 12.5. The maximum Gasteiger partial charge on any atom is 0.257 e. The zero-order valence-electron chi connectivity index (χ0n) is 11.1. The van der Waals surface area contributed by atoms with Crippen molar-refractivity contribution in [2.45, 2.75) is 0 Å². The molecule has 5 nitrogen and oxygen atoms in total. The van der Waals surface area contributed by atoms with Crippen molar-refractivity contribution in [1.82, 2.24) is 15.2 Å². The predicted octanol–water partition coefficient (Wildman–Crippen LogP) is 3.30. The summed E-state index contributed by atoms with van der Waals surface area (Å²) in [5.41, 5.74) is 3.00. The second-order valence-corrected chi connectivity index (χ2v) is 4.84. The quantitative estimate of drug-likeness (QED) is 0.525. The minimum Gasteiger partial charge on any atom is -0.361 e. The largest absolute Gasteiger partial charge is 0.361 e. The lowest BCUT2D eigenvalue weighted by molar-refractivity contribution is 0.102. The van der Waals surface area contributed by atoms with E-state index in [4.69, 9.17) is 0 Å². The number of amides is 1. The standard InChI is InChI=1S/C16H12N4O/c21-16(12-5-1-3-10-7-8-17-14(10)12)19-13-6-2-4-11-9-18-20-15(11)13/h1-9,17H,(H,18,20)(H,19,21). The number of rotatable bonds is 2. The zero-order valence-corrected chi connectivity index (χ0v) is 11.1. The van der Waals surface area contributed by atoms with Crippen molar-refractivity contribution in [1.29, 1.82) is 0 Å². The van der Waals surface area contributed by atoms with Crippen molar-refractivity contribution in [3.63, 3.8) is 0 Å².